The molecule has 0 fully saturated rings. The highest BCUT2D eigenvalue weighted by Crippen LogP contribution is 2.45. The van der Waals surface area contributed by atoms with Crippen molar-refractivity contribution in [3.63, 3.8) is 0 Å². The van der Waals surface area contributed by atoms with Crippen molar-refractivity contribution in [3.05, 3.63) is 46.1 Å². The zero-order valence-corrected chi connectivity index (χ0v) is 15.9. The first-order chi connectivity index (χ1) is 13.7. The second kappa shape index (κ2) is 6.84. The van der Waals surface area contributed by atoms with Gasteiger partial charge in [0.1, 0.15) is 28.2 Å². The van der Waals surface area contributed by atoms with Crippen LogP contribution < -0.4 is 10.2 Å². The lowest BCUT2D eigenvalue weighted by Crippen LogP contribution is -2.22. The predicted molar refractivity (Wildman–Crippen MR) is 105 cm³/mol. The molecule has 0 amide bonds. The molecule has 0 radical (unpaired) electrons. The van der Waals surface area contributed by atoms with Crippen LogP contribution in [-0.2, 0) is 4.79 Å². The molecule has 0 bridgehead atoms. The van der Waals surface area contributed by atoms with Crippen molar-refractivity contribution in [2.45, 2.75) is 32.6 Å². The van der Waals surface area contributed by atoms with Crippen molar-refractivity contribution in [1.82, 2.24) is 0 Å². The Hall–Kier alpha value is -3.48. The number of rotatable bonds is 3. The third-order valence-electron chi connectivity index (χ3n) is 5.04. The average molecular weight is 396 g/mol. The quantitative estimate of drug-likeness (QED) is 0.348. The maximum atomic E-state index is 12.8. The molecule has 3 aromatic rings. The van der Waals surface area contributed by atoms with Gasteiger partial charge in [-0.3, -0.25) is 9.59 Å². The second-order valence-corrected chi connectivity index (χ2v) is 7.69. The van der Waals surface area contributed by atoms with E-state index in [0.717, 1.165) is 0 Å². The fourth-order valence-corrected chi connectivity index (χ4v) is 3.84. The lowest BCUT2D eigenvalue weighted by molar-refractivity contribution is -0.136. The van der Waals surface area contributed by atoms with Crippen LogP contribution in [0.1, 0.15) is 38.2 Å². The number of fused-ring (bicyclic) bond motifs is 3. The van der Waals surface area contributed by atoms with Gasteiger partial charge < -0.3 is 24.5 Å². The van der Waals surface area contributed by atoms with Gasteiger partial charge >= 0.3 is 5.97 Å². The Bertz CT molecular complexity index is 1190. The maximum Gasteiger partial charge on any atom is 0.311 e. The zero-order chi connectivity index (χ0) is 20.9. The van der Waals surface area contributed by atoms with Crippen LogP contribution in [0.5, 0.6) is 23.0 Å². The molecule has 0 spiro atoms. The highest BCUT2D eigenvalue weighted by molar-refractivity contribution is 5.92. The van der Waals surface area contributed by atoms with E-state index >= 15 is 0 Å². The highest BCUT2D eigenvalue weighted by atomic mass is 16.5. The zero-order valence-electron chi connectivity index (χ0n) is 15.9. The lowest BCUT2D eigenvalue weighted by atomic mass is 9.84. The third-order valence-corrected chi connectivity index (χ3v) is 5.04. The first kappa shape index (κ1) is 18.9. The molecule has 1 aliphatic heterocycles. The summed E-state index contributed by atoms with van der Waals surface area (Å²) in [6, 6.07) is 6.56. The molecule has 0 aliphatic carbocycles. The number of benzene rings is 2. The molecule has 2 aromatic carbocycles. The molecule has 7 nitrogen and oxygen atoms in total. The summed E-state index contributed by atoms with van der Waals surface area (Å²) in [7, 11) is 0. The van der Waals surface area contributed by atoms with Gasteiger partial charge in [-0.2, -0.15) is 0 Å². The van der Waals surface area contributed by atoms with Gasteiger partial charge in [-0.1, -0.05) is 13.8 Å². The molecule has 0 saturated carbocycles. The molecular formula is C22H20O7. The number of hydrogen-bond acceptors (Lipinski definition) is 7. The number of carbonyl (C=O) groups is 1. The molecule has 2 heterocycles. The molecule has 1 atom stereocenters. The minimum absolute atomic E-state index is 0.0159. The van der Waals surface area contributed by atoms with E-state index in [-0.39, 0.29) is 58.0 Å². The van der Waals surface area contributed by atoms with E-state index < -0.39 is 11.4 Å². The third kappa shape index (κ3) is 3.29. The highest BCUT2D eigenvalue weighted by Gasteiger charge is 2.32. The molecular weight excluding hydrogens is 376 g/mol. The number of hydrogen-bond donors (Lipinski definition) is 3. The van der Waals surface area contributed by atoms with Crippen LogP contribution in [0.4, 0.5) is 0 Å². The van der Waals surface area contributed by atoms with Gasteiger partial charge in [-0.05, 0) is 30.5 Å². The van der Waals surface area contributed by atoms with Crippen molar-refractivity contribution in [1.29, 1.82) is 0 Å². The van der Waals surface area contributed by atoms with Crippen LogP contribution in [0.25, 0.3) is 22.3 Å². The molecule has 29 heavy (non-hydrogen) atoms. The molecule has 4 rings (SSSR count). The number of phenolic OH excluding ortho intramolecular Hbond substituents is 3. The minimum atomic E-state index is -0.464. The predicted octanol–water partition coefficient (Wildman–Crippen LogP) is 4.02. The van der Waals surface area contributed by atoms with Crippen LogP contribution in [0.3, 0.4) is 0 Å². The number of aromatic hydroxyl groups is 3. The molecule has 150 valence electrons. The monoisotopic (exact) mass is 396 g/mol. The van der Waals surface area contributed by atoms with E-state index in [4.69, 9.17) is 9.15 Å². The summed E-state index contributed by atoms with van der Waals surface area (Å²) >= 11 is 0. The van der Waals surface area contributed by atoms with Gasteiger partial charge in [-0.15, -0.1) is 0 Å². The van der Waals surface area contributed by atoms with Gasteiger partial charge in [0, 0.05) is 29.2 Å². The average Bonchev–Trinajstić information content (AvgIpc) is 2.62. The van der Waals surface area contributed by atoms with Crippen molar-refractivity contribution in [2.75, 3.05) is 0 Å². The van der Waals surface area contributed by atoms with Crippen molar-refractivity contribution >= 4 is 16.9 Å². The van der Waals surface area contributed by atoms with Gasteiger partial charge in [0.25, 0.3) is 0 Å². The van der Waals surface area contributed by atoms with Gasteiger partial charge in [0.05, 0.1) is 6.42 Å². The summed E-state index contributed by atoms with van der Waals surface area (Å²) in [5.41, 5.74) is 0.653. The van der Waals surface area contributed by atoms with Crippen molar-refractivity contribution in [2.24, 2.45) is 5.92 Å². The summed E-state index contributed by atoms with van der Waals surface area (Å²) in [6.45, 7) is 4.06. The summed E-state index contributed by atoms with van der Waals surface area (Å²) in [5, 5.41) is 29.7. The van der Waals surface area contributed by atoms with E-state index in [9.17, 15) is 24.9 Å². The normalized spacial score (nSPS) is 16.1. The van der Waals surface area contributed by atoms with E-state index in [1.54, 1.807) is 0 Å². The van der Waals surface area contributed by atoms with Crippen LogP contribution >= 0.6 is 0 Å². The Morgan fingerprint density at radius 3 is 2.48 bits per heavy atom. The Morgan fingerprint density at radius 2 is 1.79 bits per heavy atom. The summed E-state index contributed by atoms with van der Waals surface area (Å²) in [4.78, 5) is 24.8. The van der Waals surface area contributed by atoms with E-state index in [2.05, 4.69) is 0 Å². The van der Waals surface area contributed by atoms with Gasteiger partial charge in [0.15, 0.2) is 16.9 Å². The van der Waals surface area contributed by atoms with Crippen LogP contribution in [0.2, 0.25) is 0 Å². The standard InChI is InChI=1S/C22H20O7/c1-10(2)5-12-7-19(27)28-18-9-16(26)21-15(25)8-17(29-22(21)20(12)18)11-3-4-13(23)14(24)6-11/h3-4,6,8-10,12,23-24,26H,5,7H2,1-2H3/t12-/m0/s1. The maximum absolute atomic E-state index is 12.8. The first-order valence-electron chi connectivity index (χ1n) is 9.31. The first-order valence-corrected chi connectivity index (χ1v) is 9.31. The Kier molecular flexibility index (Phi) is 4.45. The van der Waals surface area contributed by atoms with Gasteiger partial charge in [-0.25, -0.2) is 0 Å². The summed E-state index contributed by atoms with van der Waals surface area (Å²) < 4.78 is 11.3. The van der Waals surface area contributed by atoms with Crippen LogP contribution in [0, 0.1) is 5.92 Å². The Labute approximate surface area is 165 Å². The topological polar surface area (TPSA) is 117 Å². The van der Waals surface area contributed by atoms with E-state index in [1.807, 2.05) is 13.8 Å². The fraction of sp³-hybridized carbons (Fsp3) is 0.273. The van der Waals surface area contributed by atoms with Crippen molar-refractivity contribution < 1.29 is 29.3 Å². The number of carbonyl (C=O) groups excluding carboxylic acids is 1. The number of esters is 1. The van der Waals surface area contributed by atoms with E-state index in [0.29, 0.717) is 17.5 Å². The SMILES string of the molecule is CC(C)C[C@H]1CC(=O)Oc2cc(O)c3c(=O)cc(-c4ccc(O)c(O)c4)oc3c21. The number of ether oxygens (including phenoxy) is 1. The molecule has 7 heteroatoms. The van der Waals surface area contributed by atoms with Crippen LogP contribution in [-0.4, -0.2) is 21.3 Å². The second-order valence-electron chi connectivity index (χ2n) is 7.69. The molecule has 1 aromatic heterocycles. The summed E-state index contributed by atoms with van der Waals surface area (Å²) in [5.74, 6) is -0.968. The molecule has 0 saturated heterocycles. The Balaban J connectivity index is 2.01. The summed E-state index contributed by atoms with van der Waals surface area (Å²) in [6.07, 6.45) is 0.828. The molecule has 3 N–H and O–H groups in total. The Morgan fingerprint density at radius 1 is 1.03 bits per heavy atom. The smallest absolute Gasteiger partial charge is 0.311 e. The molecule has 0 unspecified atom stereocenters. The van der Waals surface area contributed by atoms with Crippen molar-refractivity contribution in [3.8, 4) is 34.3 Å². The van der Waals surface area contributed by atoms with Crippen LogP contribution in [0.15, 0.2) is 39.5 Å². The fourth-order valence-electron chi connectivity index (χ4n) is 3.84. The van der Waals surface area contributed by atoms with Gasteiger partial charge in [0.2, 0.25) is 0 Å². The molecule has 1 aliphatic rings. The minimum Gasteiger partial charge on any atom is -0.507 e. The largest absolute Gasteiger partial charge is 0.507 e. The lowest BCUT2D eigenvalue weighted by Gasteiger charge is -2.26. The van der Waals surface area contributed by atoms with E-state index in [1.165, 1.54) is 30.3 Å². The number of phenols is 3.